The lowest BCUT2D eigenvalue weighted by molar-refractivity contribution is -0.384. The summed E-state index contributed by atoms with van der Waals surface area (Å²) in [7, 11) is 0. The normalized spacial score (nSPS) is 10.0. The van der Waals surface area contributed by atoms with E-state index in [1.54, 1.807) is 6.92 Å². The van der Waals surface area contributed by atoms with Gasteiger partial charge in [0.2, 0.25) is 0 Å². The third-order valence-corrected chi connectivity index (χ3v) is 2.67. The molecule has 0 saturated carbocycles. The number of nitrogens with zero attached hydrogens (tertiary/aromatic N) is 1. The Bertz CT molecular complexity index is 704. The quantitative estimate of drug-likeness (QED) is 0.392. The molecule has 0 amide bonds. The number of benzene rings is 1. The van der Waals surface area contributed by atoms with E-state index in [4.69, 9.17) is 9.47 Å². The van der Waals surface area contributed by atoms with Gasteiger partial charge < -0.3 is 14.5 Å². The van der Waals surface area contributed by atoms with Crippen molar-refractivity contribution in [2.24, 2.45) is 0 Å². The molecule has 8 heteroatoms. The number of nitro groups is 1. The lowest BCUT2D eigenvalue weighted by atomic mass is 10.2. The molecule has 1 aromatic carbocycles. The van der Waals surface area contributed by atoms with Gasteiger partial charge in [0.15, 0.2) is 0 Å². The molecule has 0 saturated heterocycles. The number of carbonyl (C=O) groups is 2. The van der Waals surface area contributed by atoms with Crippen LogP contribution in [0, 0.1) is 10.1 Å². The Morgan fingerprint density at radius 1 is 1.23 bits per heavy atom. The minimum Gasteiger partial charge on any atom is -0.462 e. The SMILES string of the molecule is CCOC(=O)c1ccc(OC(=O)c2cc([N+](=O)[O-])c[nH]2)cc1. The van der Waals surface area contributed by atoms with Crippen LogP contribution in [0.15, 0.2) is 36.5 Å². The van der Waals surface area contributed by atoms with Crippen molar-refractivity contribution in [3.8, 4) is 5.75 Å². The maximum Gasteiger partial charge on any atom is 0.360 e. The van der Waals surface area contributed by atoms with E-state index in [2.05, 4.69) is 4.98 Å². The Balaban J connectivity index is 2.05. The molecule has 0 bridgehead atoms. The van der Waals surface area contributed by atoms with Crippen LogP contribution in [0.5, 0.6) is 5.75 Å². The van der Waals surface area contributed by atoms with Crippen LogP contribution >= 0.6 is 0 Å². The number of aromatic nitrogens is 1. The molecular formula is C14H12N2O6. The second kappa shape index (κ2) is 6.53. The lowest BCUT2D eigenvalue weighted by Crippen LogP contribution is -2.09. The van der Waals surface area contributed by atoms with Crippen LogP contribution in [-0.4, -0.2) is 28.5 Å². The summed E-state index contributed by atoms with van der Waals surface area (Å²) in [6.07, 6.45) is 1.10. The molecule has 0 fully saturated rings. The molecule has 0 unspecified atom stereocenters. The van der Waals surface area contributed by atoms with Crippen molar-refractivity contribution in [2.75, 3.05) is 6.61 Å². The highest BCUT2D eigenvalue weighted by Crippen LogP contribution is 2.17. The number of H-pyrrole nitrogens is 1. The van der Waals surface area contributed by atoms with Crippen molar-refractivity contribution < 1.29 is 24.0 Å². The van der Waals surface area contributed by atoms with Crippen LogP contribution in [-0.2, 0) is 4.74 Å². The maximum atomic E-state index is 11.8. The van der Waals surface area contributed by atoms with Crippen molar-refractivity contribution >= 4 is 17.6 Å². The summed E-state index contributed by atoms with van der Waals surface area (Å²) in [6.45, 7) is 1.96. The monoisotopic (exact) mass is 304 g/mol. The minimum atomic E-state index is -0.767. The highest BCUT2D eigenvalue weighted by atomic mass is 16.6. The van der Waals surface area contributed by atoms with Crippen molar-refractivity contribution in [2.45, 2.75) is 6.92 Å². The zero-order valence-electron chi connectivity index (χ0n) is 11.6. The van der Waals surface area contributed by atoms with E-state index in [0.717, 1.165) is 12.3 Å². The Labute approximate surface area is 124 Å². The second-order valence-electron chi connectivity index (χ2n) is 4.16. The average molecular weight is 304 g/mol. The first-order valence-electron chi connectivity index (χ1n) is 6.33. The number of carbonyl (C=O) groups excluding carboxylic acids is 2. The summed E-state index contributed by atoms with van der Waals surface area (Å²) in [5.74, 6) is -1.03. The first-order chi connectivity index (χ1) is 10.5. The van der Waals surface area contributed by atoms with Gasteiger partial charge in [-0.05, 0) is 31.2 Å². The molecular weight excluding hydrogens is 292 g/mol. The molecule has 0 aliphatic carbocycles. The molecule has 22 heavy (non-hydrogen) atoms. The molecule has 114 valence electrons. The molecule has 1 heterocycles. The predicted octanol–water partition coefficient (Wildman–Crippen LogP) is 2.32. The standard InChI is InChI=1S/C14H12N2O6/c1-2-21-13(17)9-3-5-11(6-4-9)22-14(18)12-7-10(8-15-12)16(19)20/h3-8,15H,2H2,1H3. The Kier molecular flexibility index (Phi) is 4.52. The van der Waals surface area contributed by atoms with Crippen LogP contribution in [0.1, 0.15) is 27.8 Å². The fourth-order valence-electron chi connectivity index (χ4n) is 1.64. The van der Waals surface area contributed by atoms with E-state index in [-0.39, 0.29) is 23.7 Å². The van der Waals surface area contributed by atoms with E-state index >= 15 is 0 Å². The zero-order valence-corrected chi connectivity index (χ0v) is 11.6. The minimum absolute atomic E-state index is 0.0406. The fraction of sp³-hybridized carbons (Fsp3) is 0.143. The van der Waals surface area contributed by atoms with E-state index in [9.17, 15) is 19.7 Å². The van der Waals surface area contributed by atoms with Gasteiger partial charge in [-0.25, -0.2) is 9.59 Å². The highest BCUT2D eigenvalue weighted by molar-refractivity contribution is 5.91. The van der Waals surface area contributed by atoms with Crippen molar-refractivity contribution in [3.05, 3.63) is 57.9 Å². The number of rotatable bonds is 5. The number of aromatic amines is 1. The summed E-state index contributed by atoms with van der Waals surface area (Å²) >= 11 is 0. The highest BCUT2D eigenvalue weighted by Gasteiger charge is 2.16. The zero-order chi connectivity index (χ0) is 16.1. The first kappa shape index (κ1) is 15.2. The molecule has 1 N–H and O–H groups in total. The summed E-state index contributed by atoms with van der Waals surface area (Å²) in [5.41, 5.74) is 0.0583. The lowest BCUT2D eigenvalue weighted by Gasteiger charge is -2.04. The topological polar surface area (TPSA) is 112 Å². The average Bonchev–Trinajstić information content (AvgIpc) is 2.98. The van der Waals surface area contributed by atoms with Gasteiger partial charge >= 0.3 is 11.9 Å². The number of hydrogen-bond donors (Lipinski definition) is 1. The van der Waals surface area contributed by atoms with Crippen LogP contribution in [0.2, 0.25) is 0 Å². The Morgan fingerprint density at radius 2 is 1.91 bits per heavy atom. The van der Waals surface area contributed by atoms with Gasteiger partial charge in [-0.1, -0.05) is 0 Å². The van der Waals surface area contributed by atoms with E-state index in [1.807, 2.05) is 0 Å². The first-order valence-corrected chi connectivity index (χ1v) is 6.33. The summed E-state index contributed by atoms with van der Waals surface area (Å²) in [6, 6.07) is 6.86. The van der Waals surface area contributed by atoms with Crippen molar-refractivity contribution in [3.63, 3.8) is 0 Å². The van der Waals surface area contributed by atoms with Crippen LogP contribution in [0.4, 0.5) is 5.69 Å². The molecule has 0 aliphatic heterocycles. The molecule has 0 radical (unpaired) electrons. The largest absolute Gasteiger partial charge is 0.462 e. The van der Waals surface area contributed by atoms with Crippen molar-refractivity contribution in [1.29, 1.82) is 0 Å². The van der Waals surface area contributed by atoms with E-state index < -0.39 is 16.9 Å². The van der Waals surface area contributed by atoms with Gasteiger partial charge in [0.05, 0.1) is 23.3 Å². The Hall–Kier alpha value is -3.16. The molecule has 8 nitrogen and oxygen atoms in total. The number of esters is 2. The second-order valence-corrected chi connectivity index (χ2v) is 4.16. The number of ether oxygens (including phenoxy) is 2. The third kappa shape index (κ3) is 3.48. The molecule has 2 aromatic rings. The number of nitrogens with one attached hydrogen (secondary N) is 1. The maximum absolute atomic E-state index is 11.8. The molecule has 1 aromatic heterocycles. The molecule has 0 atom stereocenters. The third-order valence-electron chi connectivity index (χ3n) is 2.67. The van der Waals surface area contributed by atoms with Gasteiger partial charge in [0, 0.05) is 6.07 Å². The smallest absolute Gasteiger partial charge is 0.360 e. The Morgan fingerprint density at radius 3 is 2.45 bits per heavy atom. The summed E-state index contributed by atoms with van der Waals surface area (Å²) < 4.78 is 9.87. The fourth-order valence-corrected chi connectivity index (χ4v) is 1.64. The van der Waals surface area contributed by atoms with Gasteiger partial charge in [0.25, 0.3) is 5.69 Å². The predicted molar refractivity (Wildman–Crippen MR) is 74.8 cm³/mol. The van der Waals surface area contributed by atoms with Gasteiger partial charge in [-0.2, -0.15) is 0 Å². The van der Waals surface area contributed by atoms with Gasteiger partial charge in [0.1, 0.15) is 11.4 Å². The molecule has 2 rings (SSSR count). The van der Waals surface area contributed by atoms with Crippen LogP contribution in [0.25, 0.3) is 0 Å². The van der Waals surface area contributed by atoms with E-state index in [1.165, 1.54) is 24.3 Å². The summed E-state index contributed by atoms with van der Waals surface area (Å²) in [5, 5.41) is 10.5. The van der Waals surface area contributed by atoms with Gasteiger partial charge in [-0.3, -0.25) is 10.1 Å². The van der Waals surface area contributed by atoms with Gasteiger partial charge in [-0.15, -0.1) is 0 Å². The molecule has 0 spiro atoms. The van der Waals surface area contributed by atoms with Crippen molar-refractivity contribution in [1.82, 2.24) is 4.98 Å². The van der Waals surface area contributed by atoms with Crippen LogP contribution in [0.3, 0.4) is 0 Å². The number of hydrogen-bond acceptors (Lipinski definition) is 6. The van der Waals surface area contributed by atoms with E-state index in [0.29, 0.717) is 5.56 Å². The summed E-state index contributed by atoms with van der Waals surface area (Å²) in [4.78, 5) is 35.6. The molecule has 0 aliphatic rings. The van der Waals surface area contributed by atoms with Crippen LogP contribution < -0.4 is 4.74 Å².